The van der Waals surface area contributed by atoms with Gasteiger partial charge in [0.2, 0.25) is 0 Å². The average Bonchev–Trinajstić information content (AvgIpc) is 3.30. The zero-order chi connectivity index (χ0) is 22.7. The molecule has 0 bridgehead atoms. The maximum absolute atomic E-state index is 12.4. The number of aryl methyl sites for hydroxylation is 1. The molecule has 0 aliphatic heterocycles. The second kappa shape index (κ2) is 9.99. The van der Waals surface area contributed by atoms with Crippen molar-refractivity contribution in [2.24, 2.45) is 11.8 Å². The lowest BCUT2D eigenvalue weighted by atomic mass is 9.88. The second-order valence-corrected chi connectivity index (χ2v) is 9.82. The van der Waals surface area contributed by atoms with Crippen LogP contribution in [0.25, 0.3) is 10.1 Å². The summed E-state index contributed by atoms with van der Waals surface area (Å²) in [6.07, 6.45) is 6.41. The number of ketones is 1. The number of benzene rings is 2. The minimum absolute atomic E-state index is 0.0643. The highest BCUT2D eigenvalue weighted by molar-refractivity contribution is 7.19. The lowest BCUT2D eigenvalue weighted by Gasteiger charge is -2.16. The van der Waals surface area contributed by atoms with Crippen molar-refractivity contribution in [3.8, 4) is 0 Å². The lowest BCUT2D eigenvalue weighted by Crippen LogP contribution is -2.15. The highest BCUT2D eigenvalue weighted by Crippen LogP contribution is 2.37. The second-order valence-electron chi connectivity index (χ2n) is 8.31. The quantitative estimate of drug-likeness (QED) is 0.401. The van der Waals surface area contributed by atoms with Gasteiger partial charge < -0.3 is 10.2 Å². The van der Waals surface area contributed by atoms with Crippen LogP contribution in [0.15, 0.2) is 60.7 Å². The number of thiophene rings is 1. The largest absolute Gasteiger partial charge is 0.478 e. The van der Waals surface area contributed by atoms with Crippen molar-refractivity contribution in [1.29, 1.82) is 0 Å². The standard InChI is InChI=1S/C26H25ClO4S/c27-25-21-3-1-2-4-23(21)32-24(25)15-19(28)12-10-17-11-14-22(29)20(17)13-7-16-5-8-18(9-6-16)26(30)31/h1-6,8-10,12,17,19-20,28H,7,11,13-15H2,(H,30,31)/b12-10+/t17-,19?,20+/m0/s1. The third kappa shape index (κ3) is 5.12. The van der Waals surface area contributed by atoms with Crippen LogP contribution in [-0.4, -0.2) is 28.1 Å². The van der Waals surface area contributed by atoms with Crippen LogP contribution >= 0.6 is 22.9 Å². The summed E-state index contributed by atoms with van der Waals surface area (Å²) in [5.41, 5.74) is 1.29. The molecule has 0 saturated heterocycles. The zero-order valence-corrected chi connectivity index (χ0v) is 19.1. The van der Waals surface area contributed by atoms with E-state index < -0.39 is 12.1 Å². The van der Waals surface area contributed by atoms with Crippen LogP contribution in [0.2, 0.25) is 5.02 Å². The zero-order valence-electron chi connectivity index (χ0n) is 17.5. The summed E-state index contributed by atoms with van der Waals surface area (Å²) < 4.78 is 1.11. The smallest absolute Gasteiger partial charge is 0.335 e. The Kier molecular flexibility index (Phi) is 7.09. The summed E-state index contributed by atoms with van der Waals surface area (Å²) in [5.74, 6) is -0.620. The molecule has 32 heavy (non-hydrogen) atoms. The van der Waals surface area contributed by atoms with Gasteiger partial charge in [0.15, 0.2) is 0 Å². The van der Waals surface area contributed by atoms with Gasteiger partial charge in [-0.25, -0.2) is 4.79 Å². The molecule has 0 radical (unpaired) electrons. The third-order valence-corrected chi connectivity index (χ3v) is 7.91. The van der Waals surface area contributed by atoms with E-state index in [1.165, 1.54) is 0 Å². The molecule has 4 rings (SSSR count). The van der Waals surface area contributed by atoms with Crippen molar-refractivity contribution in [1.82, 2.24) is 0 Å². The van der Waals surface area contributed by atoms with Crippen LogP contribution in [0.4, 0.5) is 0 Å². The summed E-state index contributed by atoms with van der Waals surface area (Å²) in [6, 6.07) is 14.8. The molecule has 1 fully saturated rings. The first-order valence-corrected chi connectivity index (χ1v) is 12.0. The minimum Gasteiger partial charge on any atom is -0.478 e. The molecule has 4 nitrogen and oxygen atoms in total. The van der Waals surface area contributed by atoms with E-state index in [-0.39, 0.29) is 23.2 Å². The van der Waals surface area contributed by atoms with Gasteiger partial charge in [-0.1, -0.05) is 54.1 Å². The first kappa shape index (κ1) is 22.7. The van der Waals surface area contributed by atoms with Gasteiger partial charge in [-0.2, -0.15) is 0 Å². The van der Waals surface area contributed by atoms with Crippen LogP contribution in [0.1, 0.15) is 40.1 Å². The monoisotopic (exact) mass is 468 g/mol. The van der Waals surface area contributed by atoms with E-state index in [1.807, 2.05) is 42.5 Å². The summed E-state index contributed by atoms with van der Waals surface area (Å²) >= 11 is 8.10. The number of carboxylic acids is 1. The molecule has 1 saturated carbocycles. The highest BCUT2D eigenvalue weighted by atomic mass is 35.5. The molecule has 2 N–H and O–H groups in total. The number of carbonyl (C=O) groups is 2. The summed E-state index contributed by atoms with van der Waals surface area (Å²) in [7, 11) is 0. The van der Waals surface area contributed by atoms with E-state index in [0.717, 1.165) is 39.8 Å². The Hall–Kier alpha value is -2.47. The Balaban J connectivity index is 1.36. The Morgan fingerprint density at radius 3 is 2.66 bits per heavy atom. The van der Waals surface area contributed by atoms with E-state index in [4.69, 9.17) is 16.7 Å². The lowest BCUT2D eigenvalue weighted by molar-refractivity contribution is -0.121. The Morgan fingerprint density at radius 2 is 1.94 bits per heavy atom. The number of Topliss-reactive ketones (excluding diaryl/α,β-unsaturated/α-hetero) is 1. The SMILES string of the molecule is O=C(O)c1ccc(CC[C@H]2C(=O)CC[C@@H]2/C=C/C(O)Cc2sc3ccccc3c2Cl)cc1. The van der Waals surface area contributed by atoms with Crippen molar-refractivity contribution in [3.63, 3.8) is 0 Å². The summed E-state index contributed by atoms with van der Waals surface area (Å²) in [6.45, 7) is 0. The van der Waals surface area contributed by atoms with Gasteiger partial charge in [-0.3, -0.25) is 4.79 Å². The molecule has 0 spiro atoms. The number of fused-ring (bicyclic) bond motifs is 1. The van der Waals surface area contributed by atoms with E-state index in [9.17, 15) is 14.7 Å². The van der Waals surface area contributed by atoms with Crippen molar-refractivity contribution >= 4 is 44.8 Å². The van der Waals surface area contributed by atoms with Crippen molar-refractivity contribution in [2.45, 2.75) is 38.2 Å². The van der Waals surface area contributed by atoms with Crippen molar-refractivity contribution in [2.75, 3.05) is 0 Å². The molecule has 3 aromatic rings. The number of aliphatic hydroxyl groups is 1. The number of allylic oxidation sites excluding steroid dienone is 1. The number of aliphatic hydroxyl groups excluding tert-OH is 1. The maximum atomic E-state index is 12.4. The number of halogens is 1. The Bertz CT molecular complexity index is 1150. The van der Waals surface area contributed by atoms with E-state index in [0.29, 0.717) is 17.9 Å². The highest BCUT2D eigenvalue weighted by Gasteiger charge is 2.32. The number of rotatable bonds is 8. The fourth-order valence-corrected chi connectivity index (χ4v) is 5.96. The molecule has 6 heteroatoms. The molecule has 0 amide bonds. The van der Waals surface area contributed by atoms with Crippen LogP contribution in [0.5, 0.6) is 0 Å². The molecule has 3 atom stereocenters. The molecule has 1 aromatic heterocycles. The third-order valence-electron chi connectivity index (χ3n) is 6.18. The molecule has 1 aliphatic carbocycles. The van der Waals surface area contributed by atoms with Crippen LogP contribution in [0, 0.1) is 11.8 Å². The molecule has 1 heterocycles. The first-order chi connectivity index (χ1) is 15.4. The van der Waals surface area contributed by atoms with Gasteiger partial charge in [-0.05, 0) is 48.9 Å². The van der Waals surface area contributed by atoms with E-state index >= 15 is 0 Å². The normalized spacial score (nSPS) is 19.8. The number of carboxylic acid groups (broad SMARTS) is 1. The van der Waals surface area contributed by atoms with Crippen molar-refractivity contribution < 1.29 is 19.8 Å². The van der Waals surface area contributed by atoms with Crippen molar-refractivity contribution in [3.05, 3.63) is 81.7 Å². The van der Waals surface area contributed by atoms with Gasteiger partial charge in [-0.15, -0.1) is 11.3 Å². The predicted molar refractivity (Wildman–Crippen MR) is 129 cm³/mol. The van der Waals surface area contributed by atoms with E-state index in [2.05, 4.69) is 0 Å². The molecular weight excluding hydrogens is 444 g/mol. The summed E-state index contributed by atoms with van der Waals surface area (Å²) in [4.78, 5) is 24.4. The topological polar surface area (TPSA) is 74.6 Å². The Labute approximate surface area is 196 Å². The van der Waals surface area contributed by atoms with Gasteiger partial charge in [0, 0.05) is 33.7 Å². The Morgan fingerprint density at radius 1 is 1.19 bits per heavy atom. The number of hydrogen-bond donors (Lipinski definition) is 2. The van der Waals surface area contributed by atoms with Gasteiger partial charge in [0.25, 0.3) is 0 Å². The fraction of sp³-hybridized carbons (Fsp3) is 0.308. The van der Waals surface area contributed by atoms with Crippen LogP contribution < -0.4 is 0 Å². The first-order valence-electron chi connectivity index (χ1n) is 10.8. The fourth-order valence-electron chi connectivity index (χ4n) is 4.40. The van der Waals surface area contributed by atoms with Gasteiger partial charge in [0.05, 0.1) is 16.7 Å². The number of hydrogen-bond acceptors (Lipinski definition) is 4. The van der Waals surface area contributed by atoms with Gasteiger partial charge >= 0.3 is 5.97 Å². The number of aromatic carboxylic acids is 1. The van der Waals surface area contributed by atoms with E-state index in [1.54, 1.807) is 29.5 Å². The van der Waals surface area contributed by atoms with Gasteiger partial charge in [0.1, 0.15) is 5.78 Å². The van der Waals surface area contributed by atoms with Crippen LogP contribution in [0.3, 0.4) is 0 Å². The maximum Gasteiger partial charge on any atom is 0.335 e. The molecular formula is C26H25ClO4S. The molecule has 2 aromatic carbocycles. The average molecular weight is 469 g/mol. The molecule has 1 aliphatic rings. The number of carbonyl (C=O) groups excluding carboxylic acids is 1. The van der Waals surface area contributed by atoms with Crippen LogP contribution in [-0.2, 0) is 17.6 Å². The predicted octanol–water partition coefficient (Wildman–Crippen LogP) is 5.94. The summed E-state index contributed by atoms with van der Waals surface area (Å²) in [5, 5.41) is 21.3. The molecule has 166 valence electrons. The molecule has 1 unspecified atom stereocenters. The minimum atomic E-state index is -0.941.